The van der Waals surface area contributed by atoms with Crippen LogP contribution in [-0.2, 0) is 33.0 Å². The third kappa shape index (κ3) is 3.92. The summed E-state index contributed by atoms with van der Waals surface area (Å²) in [4.78, 5) is 0.279. The molecule has 0 unspecified atom stereocenters. The smallest absolute Gasteiger partial charge is 0.212 e. The molecule has 0 bridgehead atoms. The van der Waals surface area contributed by atoms with Gasteiger partial charge >= 0.3 is 0 Å². The Morgan fingerprint density at radius 1 is 0.960 bits per heavy atom. The van der Waals surface area contributed by atoms with Gasteiger partial charge in [0, 0.05) is 26.2 Å². The van der Waals surface area contributed by atoms with Crippen LogP contribution in [0.1, 0.15) is 43.7 Å². The van der Waals surface area contributed by atoms with Crippen molar-refractivity contribution in [1.29, 1.82) is 0 Å². The van der Waals surface area contributed by atoms with Gasteiger partial charge in [-0.1, -0.05) is 19.4 Å². The predicted octanol–water partition coefficient (Wildman–Crippen LogP) is 1.96. The fourth-order valence-electron chi connectivity index (χ4n) is 3.44. The molecule has 25 heavy (non-hydrogen) atoms. The fraction of sp³-hybridized carbons (Fsp3) is 0.647. The number of nitrogens with zero attached hydrogens (tertiary/aromatic N) is 2. The standard InChI is InChI=1S/C17H26N2O4S2/c1-2-3-12-24(20,21)19-11-8-15-6-7-17(13-16(15)14-19)25(22,23)18-9-4-5-10-18/h6-7,13H,2-5,8-12,14H2,1H3. The Balaban J connectivity index is 1.84. The van der Waals surface area contributed by atoms with Crippen LogP contribution in [0.4, 0.5) is 0 Å². The van der Waals surface area contributed by atoms with E-state index in [4.69, 9.17) is 0 Å². The van der Waals surface area contributed by atoms with E-state index >= 15 is 0 Å². The number of hydrogen-bond donors (Lipinski definition) is 0. The summed E-state index contributed by atoms with van der Waals surface area (Å²) >= 11 is 0. The Labute approximate surface area is 150 Å². The van der Waals surface area contributed by atoms with Gasteiger partial charge in [-0.25, -0.2) is 16.8 Å². The third-order valence-electron chi connectivity index (χ3n) is 5.01. The van der Waals surface area contributed by atoms with Gasteiger partial charge in [-0.15, -0.1) is 0 Å². The van der Waals surface area contributed by atoms with Crippen LogP contribution in [0, 0.1) is 0 Å². The monoisotopic (exact) mass is 386 g/mol. The molecule has 6 nitrogen and oxygen atoms in total. The van der Waals surface area contributed by atoms with Gasteiger partial charge in [-0.3, -0.25) is 0 Å². The third-order valence-corrected chi connectivity index (χ3v) is 8.80. The van der Waals surface area contributed by atoms with Gasteiger partial charge in [-0.05, 0) is 48.9 Å². The summed E-state index contributed by atoms with van der Waals surface area (Å²) < 4.78 is 53.4. The van der Waals surface area contributed by atoms with Crippen LogP contribution < -0.4 is 0 Å². The van der Waals surface area contributed by atoms with Gasteiger partial charge in [0.1, 0.15) is 0 Å². The van der Waals surface area contributed by atoms with E-state index in [1.54, 1.807) is 12.1 Å². The second kappa shape index (κ2) is 7.34. The normalized spacial score (nSPS) is 19.9. The maximum atomic E-state index is 12.7. The summed E-state index contributed by atoms with van der Waals surface area (Å²) in [6.07, 6.45) is 3.91. The van der Waals surface area contributed by atoms with E-state index in [-0.39, 0.29) is 17.2 Å². The van der Waals surface area contributed by atoms with Crippen molar-refractivity contribution in [2.75, 3.05) is 25.4 Å². The highest BCUT2D eigenvalue weighted by Gasteiger charge is 2.30. The zero-order chi connectivity index (χ0) is 18.1. The minimum absolute atomic E-state index is 0.157. The van der Waals surface area contributed by atoms with Crippen LogP contribution >= 0.6 is 0 Å². The first-order valence-corrected chi connectivity index (χ1v) is 12.0. The van der Waals surface area contributed by atoms with Crippen molar-refractivity contribution in [2.45, 2.75) is 50.5 Å². The maximum absolute atomic E-state index is 12.7. The Bertz CT molecular complexity index is 828. The molecule has 0 aliphatic carbocycles. The van der Waals surface area contributed by atoms with Crippen molar-refractivity contribution in [2.24, 2.45) is 0 Å². The molecular formula is C17H26N2O4S2. The Kier molecular flexibility index (Phi) is 5.53. The van der Waals surface area contributed by atoms with Crippen molar-refractivity contribution < 1.29 is 16.8 Å². The molecule has 1 aromatic rings. The van der Waals surface area contributed by atoms with E-state index in [1.165, 1.54) is 8.61 Å². The molecule has 0 radical (unpaired) electrons. The molecule has 0 spiro atoms. The summed E-state index contributed by atoms with van der Waals surface area (Å²) in [5.74, 6) is 0.157. The van der Waals surface area contributed by atoms with Crippen LogP contribution in [0.25, 0.3) is 0 Å². The lowest BCUT2D eigenvalue weighted by Gasteiger charge is -2.28. The maximum Gasteiger partial charge on any atom is 0.243 e. The molecule has 0 saturated carbocycles. The van der Waals surface area contributed by atoms with Crippen LogP contribution in [0.2, 0.25) is 0 Å². The molecular weight excluding hydrogens is 360 g/mol. The summed E-state index contributed by atoms with van der Waals surface area (Å²) in [6.45, 7) is 3.84. The Hall–Kier alpha value is -0.960. The lowest BCUT2D eigenvalue weighted by atomic mass is 10.0. The number of fused-ring (bicyclic) bond motifs is 1. The minimum atomic E-state index is -3.47. The van der Waals surface area contributed by atoms with Crippen molar-refractivity contribution >= 4 is 20.0 Å². The molecule has 8 heteroatoms. The fourth-order valence-corrected chi connectivity index (χ4v) is 6.62. The number of sulfonamides is 2. The van der Waals surface area contributed by atoms with Gasteiger partial charge in [0.05, 0.1) is 10.6 Å². The van der Waals surface area contributed by atoms with Crippen molar-refractivity contribution in [3.8, 4) is 0 Å². The van der Waals surface area contributed by atoms with Crippen LogP contribution in [0.5, 0.6) is 0 Å². The molecule has 0 aromatic heterocycles. The molecule has 0 N–H and O–H groups in total. The van der Waals surface area contributed by atoms with Crippen molar-refractivity contribution in [3.63, 3.8) is 0 Å². The SMILES string of the molecule is CCCCS(=O)(=O)N1CCc2ccc(S(=O)(=O)N3CCCC3)cc2C1. The quantitative estimate of drug-likeness (QED) is 0.749. The highest BCUT2D eigenvalue weighted by molar-refractivity contribution is 7.89. The van der Waals surface area contributed by atoms with Gasteiger partial charge < -0.3 is 0 Å². The molecule has 2 heterocycles. The van der Waals surface area contributed by atoms with E-state index in [1.807, 2.05) is 13.0 Å². The van der Waals surface area contributed by atoms with E-state index in [0.29, 0.717) is 32.5 Å². The predicted molar refractivity (Wildman–Crippen MR) is 97.2 cm³/mol. The second-order valence-electron chi connectivity index (χ2n) is 6.79. The molecule has 1 aromatic carbocycles. The van der Waals surface area contributed by atoms with Crippen LogP contribution in [-0.4, -0.2) is 50.8 Å². The molecule has 1 saturated heterocycles. The molecule has 2 aliphatic rings. The summed E-state index contributed by atoms with van der Waals surface area (Å²) in [6, 6.07) is 5.17. The molecule has 2 aliphatic heterocycles. The number of benzene rings is 1. The molecule has 0 amide bonds. The second-order valence-corrected chi connectivity index (χ2v) is 10.8. The van der Waals surface area contributed by atoms with E-state index in [9.17, 15) is 16.8 Å². The van der Waals surface area contributed by atoms with Crippen LogP contribution in [0.15, 0.2) is 23.1 Å². The average Bonchev–Trinajstić information content (AvgIpc) is 3.14. The topological polar surface area (TPSA) is 74.8 Å². The first kappa shape index (κ1) is 18.8. The largest absolute Gasteiger partial charge is 0.243 e. The number of rotatable bonds is 6. The first-order valence-electron chi connectivity index (χ1n) is 8.94. The zero-order valence-electron chi connectivity index (χ0n) is 14.6. The Morgan fingerprint density at radius 2 is 1.68 bits per heavy atom. The van der Waals surface area contributed by atoms with Gasteiger partial charge in [-0.2, -0.15) is 8.61 Å². The molecule has 1 fully saturated rings. The first-order chi connectivity index (χ1) is 11.8. The van der Waals surface area contributed by atoms with E-state index in [2.05, 4.69) is 0 Å². The molecule has 0 atom stereocenters. The highest BCUT2D eigenvalue weighted by Crippen LogP contribution is 2.27. The van der Waals surface area contributed by atoms with Gasteiger partial charge in [0.15, 0.2) is 0 Å². The molecule has 3 rings (SSSR count). The number of hydrogen-bond acceptors (Lipinski definition) is 4. The van der Waals surface area contributed by atoms with Crippen molar-refractivity contribution in [1.82, 2.24) is 8.61 Å². The lowest BCUT2D eigenvalue weighted by molar-refractivity contribution is 0.390. The van der Waals surface area contributed by atoms with Gasteiger partial charge in [0.2, 0.25) is 20.0 Å². The zero-order valence-corrected chi connectivity index (χ0v) is 16.3. The summed E-state index contributed by atoms with van der Waals surface area (Å²) in [7, 11) is -6.75. The Morgan fingerprint density at radius 3 is 2.36 bits per heavy atom. The average molecular weight is 387 g/mol. The van der Waals surface area contributed by atoms with E-state index < -0.39 is 20.0 Å². The minimum Gasteiger partial charge on any atom is -0.212 e. The van der Waals surface area contributed by atoms with Crippen molar-refractivity contribution in [3.05, 3.63) is 29.3 Å². The van der Waals surface area contributed by atoms with E-state index in [0.717, 1.165) is 30.4 Å². The van der Waals surface area contributed by atoms with Crippen LogP contribution in [0.3, 0.4) is 0 Å². The van der Waals surface area contributed by atoms with Gasteiger partial charge in [0.25, 0.3) is 0 Å². The lowest BCUT2D eigenvalue weighted by Crippen LogP contribution is -2.37. The molecule has 140 valence electrons. The number of unbranched alkanes of at least 4 members (excludes halogenated alkanes) is 1. The summed E-state index contributed by atoms with van der Waals surface area (Å²) in [5.41, 5.74) is 1.86. The highest BCUT2D eigenvalue weighted by atomic mass is 32.2. The summed E-state index contributed by atoms with van der Waals surface area (Å²) in [5, 5.41) is 0.